The van der Waals surface area contributed by atoms with E-state index < -0.39 is 0 Å². The van der Waals surface area contributed by atoms with E-state index in [0.717, 1.165) is 5.56 Å². The third-order valence-electron chi connectivity index (χ3n) is 4.28. The molecule has 5 heteroatoms. The van der Waals surface area contributed by atoms with Gasteiger partial charge in [-0.25, -0.2) is 0 Å². The fourth-order valence-corrected chi connectivity index (χ4v) is 4.12. The topological polar surface area (TPSA) is 46.6 Å². The van der Waals surface area contributed by atoms with Crippen LogP contribution < -0.4 is 4.74 Å². The summed E-state index contributed by atoms with van der Waals surface area (Å²) in [6.45, 7) is 4.41. The molecule has 0 fully saturated rings. The summed E-state index contributed by atoms with van der Waals surface area (Å²) in [5.74, 6) is 0.973. The van der Waals surface area contributed by atoms with E-state index >= 15 is 0 Å². The molecule has 0 atom stereocenters. The smallest absolute Gasteiger partial charge is 0.268 e. The maximum absolute atomic E-state index is 13.1. The first-order chi connectivity index (χ1) is 13.0. The van der Waals surface area contributed by atoms with Gasteiger partial charge in [0, 0.05) is 17.9 Å². The summed E-state index contributed by atoms with van der Waals surface area (Å²) >= 11 is 1.41. The molecule has 4 nitrogen and oxygen atoms in total. The molecule has 0 N–H and O–H groups in total. The maximum atomic E-state index is 13.1. The van der Waals surface area contributed by atoms with E-state index in [9.17, 15) is 9.59 Å². The first-order valence-corrected chi connectivity index (χ1v) is 9.92. The Morgan fingerprint density at radius 1 is 0.963 bits per heavy atom. The Morgan fingerprint density at radius 2 is 1.63 bits per heavy atom. The zero-order valence-corrected chi connectivity index (χ0v) is 16.6. The molecule has 0 aliphatic carbocycles. The first-order valence-electron chi connectivity index (χ1n) is 8.93. The number of carbonyl (C=O) groups is 2. The fraction of sp³-hybridized carbons (Fsp3) is 0.273. The van der Waals surface area contributed by atoms with Gasteiger partial charge >= 0.3 is 0 Å². The molecule has 2 aromatic rings. The van der Waals surface area contributed by atoms with Gasteiger partial charge in [-0.2, -0.15) is 0 Å². The van der Waals surface area contributed by atoms with Crippen molar-refractivity contribution in [1.82, 2.24) is 4.90 Å². The zero-order valence-electron chi connectivity index (χ0n) is 15.8. The minimum absolute atomic E-state index is 0.204. The van der Waals surface area contributed by atoms with E-state index in [0.29, 0.717) is 34.1 Å². The molecular formula is C22H23NO3S. The van der Waals surface area contributed by atoms with Crippen LogP contribution in [0.5, 0.6) is 5.75 Å². The van der Waals surface area contributed by atoms with Crippen molar-refractivity contribution in [3.63, 3.8) is 0 Å². The van der Waals surface area contributed by atoms with Crippen molar-refractivity contribution >= 4 is 29.1 Å². The van der Waals surface area contributed by atoms with Gasteiger partial charge in [0.2, 0.25) is 0 Å². The third-order valence-corrected chi connectivity index (χ3v) is 5.42. The molecule has 0 spiro atoms. The monoisotopic (exact) mass is 381 g/mol. The van der Waals surface area contributed by atoms with Gasteiger partial charge in [0.05, 0.1) is 17.6 Å². The summed E-state index contributed by atoms with van der Waals surface area (Å²) < 4.78 is 5.44. The van der Waals surface area contributed by atoms with Crippen LogP contribution in [0.15, 0.2) is 59.5 Å². The highest BCUT2D eigenvalue weighted by atomic mass is 32.2. The van der Waals surface area contributed by atoms with E-state index in [4.69, 9.17) is 4.74 Å². The summed E-state index contributed by atoms with van der Waals surface area (Å²) in [6.07, 6.45) is 0. The second kappa shape index (κ2) is 8.44. The number of imide groups is 1. The predicted molar refractivity (Wildman–Crippen MR) is 109 cm³/mol. The van der Waals surface area contributed by atoms with Crippen LogP contribution in [-0.2, 0) is 15.3 Å². The van der Waals surface area contributed by atoms with Crippen LogP contribution in [0.3, 0.4) is 0 Å². The van der Waals surface area contributed by atoms with Crippen LogP contribution in [0.25, 0.3) is 5.57 Å². The predicted octanol–water partition coefficient (Wildman–Crippen LogP) is 4.36. The Balaban J connectivity index is 2.01. The minimum Gasteiger partial charge on any atom is -0.496 e. The number of thioether (sulfide) groups is 1. The normalized spacial score (nSPS) is 14.4. The lowest BCUT2D eigenvalue weighted by molar-refractivity contribution is -0.137. The number of nitrogens with zero attached hydrogens (tertiary/aromatic N) is 1. The van der Waals surface area contributed by atoms with Crippen LogP contribution in [0.4, 0.5) is 0 Å². The Hall–Kier alpha value is -2.53. The van der Waals surface area contributed by atoms with Crippen LogP contribution in [0, 0.1) is 5.92 Å². The molecule has 2 aromatic carbocycles. The number of benzene rings is 2. The van der Waals surface area contributed by atoms with Gasteiger partial charge in [-0.15, -0.1) is 11.8 Å². The largest absolute Gasteiger partial charge is 0.496 e. The van der Waals surface area contributed by atoms with Gasteiger partial charge < -0.3 is 4.74 Å². The van der Waals surface area contributed by atoms with Crippen molar-refractivity contribution in [1.29, 1.82) is 0 Å². The van der Waals surface area contributed by atoms with Crippen LogP contribution >= 0.6 is 11.8 Å². The van der Waals surface area contributed by atoms with Crippen molar-refractivity contribution in [3.8, 4) is 5.75 Å². The van der Waals surface area contributed by atoms with E-state index in [1.54, 1.807) is 7.11 Å². The number of hydrogen-bond donors (Lipinski definition) is 0. The summed E-state index contributed by atoms with van der Waals surface area (Å²) in [4.78, 5) is 28.0. The molecule has 0 aromatic heterocycles. The molecule has 0 radical (unpaired) electrons. The van der Waals surface area contributed by atoms with Crippen LogP contribution in [0.1, 0.15) is 25.0 Å². The molecule has 3 rings (SSSR count). The highest BCUT2D eigenvalue weighted by Crippen LogP contribution is 2.40. The lowest BCUT2D eigenvalue weighted by atomic mass is 10.0. The highest BCUT2D eigenvalue weighted by Gasteiger charge is 2.40. The SMILES string of the molecule is COc1ccccc1C1=C(SCc2ccccc2)C(=O)N(CC(C)C)C1=O. The molecule has 27 heavy (non-hydrogen) atoms. The summed E-state index contributed by atoms with van der Waals surface area (Å²) in [7, 11) is 1.57. The average molecular weight is 381 g/mol. The quantitative estimate of drug-likeness (QED) is 0.669. The Morgan fingerprint density at radius 3 is 2.30 bits per heavy atom. The molecule has 1 heterocycles. The molecular weight excluding hydrogens is 358 g/mol. The minimum atomic E-state index is -0.242. The second-order valence-corrected chi connectivity index (χ2v) is 7.78. The molecule has 0 saturated carbocycles. The Bertz CT molecular complexity index is 874. The number of hydrogen-bond acceptors (Lipinski definition) is 4. The molecule has 0 bridgehead atoms. The van der Waals surface area contributed by atoms with Crippen molar-refractivity contribution < 1.29 is 14.3 Å². The van der Waals surface area contributed by atoms with Gasteiger partial charge in [-0.3, -0.25) is 14.5 Å². The molecule has 0 unspecified atom stereocenters. The number of ether oxygens (including phenoxy) is 1. The van der Waals surface area contributed by atoms with Crippen molar-refractivity contribution in [2.75, 3.05) is 13.7 Å². The zero-order chi connectivity index (χ0) is 19.4. The van der Waals surface area contributed by atoms with Gasteiger partial charge in [0.15, 0.2) is 0 Å². The van der Waals surface area contributed by atoms with Crippen molar-refractivity contribution in [3.05, 3.63) is 70.6 Å². The molecule has 140 valence electrons. The lowest BCUT2D eigenvalue weighted by Gasteiger charge is -2.17. The lowest BCUT2D eigenvalue weighted by Crippen LogP contribution is -2.34. The van der Waals surface area contributed by atoms with Gasteiger partial charge in [0.25, 0.3) is 11.8 Å². The molecule has 2 amide bonds. The summed E-state index contributed by atoms with van der Waals surface area (Å²) in [5, 5.41) is 0. The van der Waals surface area contributed by atoms with Crippen molar-refractivity contribution in [2.24, 2.45) is 5.92 Å². The Kier molecular flexibility index (Phi) is 6.01. The van der Waals surface area contributed by atoms with Crippen LogP contribution in [-0.4, -0.2) is 30.4 Å². The number of rotatable bonds is 7. The van der Waals surface area contributed by atoms with Gasteiger partial charge in [-0.05, 0) is 17.5 Å². The van der Waals surface area contributed by atoms with E-state index in [-0.39, 0.29) is 17.7 Å². The number of carbonyl (C=O) groups excluding carboxylic acids is 2. The van der Waals surface area contributed by atoms with Gasteiger partial charge in [0.1, 0.15) is 5.75 Å². The Labute approximate surface area is 164 Å². The first kappa shape index (κ1) is 19.2. The highest BCUT2D eigenvalue weighted by molar-refractivity contribution is 8.03. The van der Waals surface area contributed by atoms with Crippen LogP contribution in [0.2, 0.25) is 0 Å². The van der Waals surface area contributed by atoms with E-state index in [2.05, 4.69) is 0 Å². The van der Waals surface area contributed by atoms with E-state index in [1.165, 1.54) is 16.7 Å². The number of methoxy groups -OCH3 is 1. The summed E-state index contributed by atoms with van der Waals surface area (Å²) in [6, 6.07) is 17.3. The number of para-hydroxylation sites is 1. The van der Waals surface area contributed by atoms with E-state index in [1.807, 2.05) is 68.4 Å². The standard InChI is InChI=1S/C22H23NO3S/c1-15(2)13-23-21(24)19(17-11-7-8-12-18(17)26-3)20(22(23)25)27-14-16-9-5-4-6-10-16/h4-12,15H,13-14H2,1-3H3. The maximum Gasteiger partial charge on any atom is 0.268 e. The molecule has 1 aliphatic rings. The number of amides is 2. The van der Waals surface area contributed by atoms with Gasteiger partial charge in [-0.1, -0.05) is 62.4 Å². The second-order valence-electron chi connectivity index (χ2n) is 6.79. The third kappa shape index (κ3) is 4.08. The molecule has 1 aliphatic heterocycles. The molecule has 0 saturated heterocycles. The van der Waals surface area contributed by atoms with Crippen molar-refractivity contribution in [2.45, 2.75) is 19.6 Å². The summed E-state index contributed by atoms with van der Waals surface area (Å²) in [5.41, 5.74) is 2.22. The average Bonchev–Trinajstić information content (AvgIpc) is 2.91. The fourth-order valence-electron chi connectivity index (χ4n) is 3.04.